The minimum absolute atomic E-state index is 0. The normalized spacial score (nSPS) is 16.5. The molecule has 37 heavy (non-hydrogen) atoms. The van der Waals surface area contributed by atoms with Crippen LogP contribution in [0.3, 0.4) is 0 Å². The zero-order chi connectivity index (χ0) is 25.0. The summed E-state index contributed by atoms with van der Waals surface area (Å²) in [5, 5.41) is 0.998. The molecule has 3 aliphatic rings. The van der Waals surface area contributed by atoms with E-state index in [9.17, 15) is 9.59 Å². The van der Waals surface area contributed by atoms with Crippen LogP contribution in [-0.4, -0.2) is 80.9 Å². The number of piperazine rings is 1. The van der Waals surface area contributed by atoms with Gasteiger partial charge in [0.15, 0.2) is 28.8 Å². The van der Waals surface area contributed by atoms with Crippen LogP contribution in [0.25, 0.3) is 22.0 Å². The molecule has 3 heterocycles. The first-order valence-electron chi connectivity index (χ1n) is 12.2. The number of aromatic nitrogens is 1. The van der Waals surface area contributed by atoms with Gasteiger partial charge < -0.3 is 33.3 Å². The summed E-state index contributed by atoms with van der Waals surface area (Å²) in [6.45, 7) is 5.63. The molecule has 2 aromatic carbocycles. The average Bonchev–Trinajstić information content (AvgIpc) is 3.47. The summed E-state index contributed by atoms with van der Waals surface area (Å²) in [5.41, 5.74) is 2.21. The first-order chi connectivity index (χ1) is 17.5. The second-order valence-corrected chi connectivity index (χ2v) is 9.51. The molecule has 3 aromatic rings. The van der Waals surface area contributed by atoms with Crippen LogP contribution in [0, 0.1) is 0 Å². The number of halogens is 1. The number of carbonyl (C=O) groups is 1. The lowest BCUT2D eigenvalue weighted by Crippen LogP contribution is -2.44. The van der Waals surface area contributed by atoms with Crippen molar-refractivity contribution in [1.29, 1.82) is 0 Å². The van der Waals surface area contributed by atoms with Crippen molar-refractivity contribution in [3.8, 4) is 34.3 Å². The smallest absolute Gasteiger partial charge is 0.259 e. The largest absolute Gasteiger partial charge is 0.493 e. The third-order valence-electron chi connectivity index (χ3n) is 7.47. The number of carbonyl (C=O) groups excluding carboxylic acids is 1. The number of ether oxygens (including phenoxy) is 4. The predicted octanol–water partition coefficient (Wildman–Crippen LogP) is 3.02. The molecule has 6 rings (SSSR count). The molecule has 0 N–H and O–H groups in total. The van der Waals surface area contributed by atoms with Gasteiger partial charge in [-0.05, 0) is 44.3 Å². The fraction of sp³-hybridized carbons (Fsp3) is 0.407. The second-order valence-electron chi connectivity index (χ2n) is 9.51. The number of pyridine rings is 1. The summed E-state index contributed by atoms with van der Waals surface area (Å²) < 4.78 is 23.9. The molecule has 0 spiro atoms. The van der Waals surface area contributed by atoms with Crippen LogP contribution < -0.4 is 24.5 Å². The average molecular weight is 528 g/mol. The topological polar surface area (TPSA) is 82.5 Å². The van der Waals surface area contributed by atoms with E-state index in [1.54, 1.807) is 29.9 Å². The maximum atomic E-state index is 13.9. The Labute approximate surface area is 220 Å². The van der Waals surface area contributed by atoms with Crippen LogP contribution in [0.2, 0.25) is 0 Å². The number of rotatable bonds is 6. The number of ketones is 1. The van der Waals surface area contributed by atoms with E-state index in [4.69, 9.17) is 18.9 Å². The summed E-state index contributed by atoms with van der Waals surface area (Å²) in [5.74, 6) is 1.91. The first-order valence-corrected chi connectivity index (χ1v) is 12.2. The quantitative estimate of drug-likeness (QED) is 0.378. The van der Waals surface area contributed by atoms with E-state index in [-0.39, 0.29) is 30.5 Å². The van der Waals surface area contributed by atoms with Gasteiger partial charge in [-0.15, -0.1) is 12.4 Å². The van der Waals surface area contributed by atoms with Crippen LogP contribution in [-0.2, 0) is 6.54 Å². The second kappa shape index (κ2) is 9.89. The third-order valence-corrected chi connectivity index (χ3v) is 7.47. The zero-order valence-electron chi connectivity index (χ0n) is 21.2. The van der Waals surface area contributed by atoms with E-state index in [0.29, 0.717) is 62.7 Å². The SMILES string of the molecule is COc1cc2c3c(n(CCCN4CCN(C)CC4)c(=O)c2cc1OC)-c1cc2c(cc1C3=O)OCO2.Cl. The fourth-order valence-corrected chi connectivity index (χ4v) is 5.48. The van der Waals surface area contributed by atoms with Crippen molar-refractivity contribution < 1.29 is 23.7 Å². The van der Waals surface area contributed by atoms with Crippen molar-refractivity contribution in [3.05, 3.63) is 45.7 Å². The maximum Gasteiger partial charge on any atom is 0.259 e. The molecule has 0 atom stereocenters. The van der Waals surface area contributed by atoms with Crippen LogP contribution >= 0.6 is 12.4 Å². The van der Waals surface area contributed by atoms with E-state index in [1.807, 2.05) is 6.07 Å². The molecular weight excluding hydrogens is 498 g/mol. The van der Waals surface area contributed by atoms with Gasteiger partial charge in [0.1, 0.15) is 0 Å². The molecule has 0 bridgehead atoms. The van der Waals surface area contributed by atoms with Gasteiger partial charge in [0, 0.05) is 49.2 Å². The van der Waals surface area contributed by atoms with Gasteiger partial charge >= 0.3 is 0 Å². The van der Waals surface area contributed by atoms with Crippen LogP contribution in [0.5, 0.6) is 23.0 Å². The molecule has 1 aliphatic carbocycles. The highest BCUT2D eigenvalue weighted by Crippen LogP contribution is 2.46. The van der Waals surface area contributed by atoms with Crippen molar-refractivity contribution in [1.82, 2.24) is 14.4 Å². The predicted molar refractivity (Wildman–Crippen MR) is 142 cm³/mol. The van der Waals surface area contributed by atoms with Crippen molar-refractivity contribution in [2.45, 2.75) is 13.0 Å². The van der Waals surface area contributed by atoms with Crippen LogP contribution in [0.1, 0.15) is 22.3 Å². The minimum atomic E-state index is -0.151. The Bertz CT molecular complexity index is 1440. The molecule has 0 radical (unpaired) electrons. The van der Waals surface area contributed by atoms with E-state index < -0.39 is 0 Å². The summed E-state index contributed by atoms with van der Waals surface area (Å²) in [7, 11) is 5.21. The van der Waals surface area contributed by atoms with E-state index in [1.165, 1.54) is 7.11 Å². The summed E-state index contributed by atoms with van der Waals surface area (Å²) in [6.07, 6.45) is 0.795. The van der Waals surface area contributed by atoms with Crippen LogP contribution in [0.4, 0.5) is 0 Å². The van der Waals surface area contributed by atoms with E-state index in [2.05, 4.69) is 16.8 Å². The molecule has 1 fully saturated rings. The Morgan fingerprint density at radius 1 is 0.838 bits per heavy atom. The Kier molecular flexibility index (Phi) is 6.78. The monoisotopic (exact) mass is 527 g/mol. The van der Waals surface area contributed by atoms with Gasteiger partial charge in [0.05, 0.1) is 30.9 Å². The van der Waals surface area contributed by atoms with Gasteiger partial charge in [-0.25, -0.2) is 0 Å². The Balaban J connectivity index is 0.00000280. The number of hydrogen-bond donors (Lipinski definition) is 0. The first kappa shape index (κ1) is 25.4. The summed E-state index contributed by atoms with van der Waals surface area (Å²) in [4.78, 5) is 32.4. The molecule has 0 saturated carbocycles. The number of methoxy groups -OCH3 is 2. The minimum Gasteiger partial charge on any atom is -0.493 e. The van der Waals surface area contributed by atoms with Gasteiger partial charge in [0.2, 0.25) is 6.79 Å². The van der Waals surface area contributed by atoms with E-state index >= 15 is 0 Å². The number of hydrogen-bond acceptors (Lipinski definition) is 8. The van der Waals surface area contributed by atoms with Crippen molar-refractivity contribution in [3.63, 3.8) is 0 Å². The third kappa shape index (κ3) is 4.11. The van der Waals surface area contributed by atoms with Gasteiger partial charge in [-0.3, -0.25) is 9.59 Å². The molecule has 196 valence electrons. The molecule has 1 aromatic heterocycles. The highest BCUT2D eigenvalue weighted by molar-refractivity contribution is 6.27. The standard InChI is InChI=1S/C27H29N3O6.ClH/c1-28-7-9-29(10-8-28)5-4-6-30-25-17-12-22-23(36-15-35-22)13-18(17)26(31)24(25)16-11-20(33-2)21(34-3)14-19(16)27(30)32;/h11-14H,4-10,15H2,1-3H3;1H. The summed E-state index contributed by atoms with van der Waals surface area (Å²) in [6, 6.07) is 6.96. The van der Waals surface area contributed by atoms with Crippen molar-refractivity contribution in [2.75, 3.05) is 60.8 Å². The summed E-state index contributed by atoms with van der Waals surface area (Å²) >= 11 is 0. The Morgan fingerprint density at radius 3 is 2.11 bits per heavy atom. The van der Waals surface area contributed by atoms with Gasteiger partial charge in [-0.2, -0.15) is 0 Å². The zero-order valence-corrected chi connectivity index (χ0v) is 22.0. The molecular formula is C27H30ClN3O6. The molecule has 2 aliphatic heterocycles. The molecule has 0 unspecified atom stereocenters. The number of nitrogens with zero attached hydrogens (tertiary/aromatic N) is 3. The van der Waals surface area contributed by atoms with Crippen molar-refractivity contribution >= 4 is 29.0 Å². The lowest BCUT2D eigenvalue weighted by atomic mass is 10.0. The fourth-order valence-electron chi connectivity index (χ4n) is 5.48. The van der Waals surface area contributed by atoms with Crippen LogP contribution in [0.15, 0.2) is 29.1 Å². The lowest BCUT2D eigenvalue weighted by Gasteiger charge is -2.32. The number of likely N-dealkylation sites (N-methyl/N-ethyl adjacent to an activating group) is 1. The highest BCUT2D eigenvalue weighted by Gasteiger charge is 2.35. The maximum absolute atomic E-state index is 13.9. The lowest BCUT2D eigenvalue weighted by molar-refractivity contribution is 0.104. The van der Waals surface area contributed by atoms with Crippen molar-refractivity contribution in [2.24, 2.45) is 0 Å². The Hall–Kier alpha value is -3.27. The molecule has 10 heteroatoms. The number of benzene rings is 2. The van der Waals surface area contributed by atoms with Gasteiger partial charge in [0.25, 0.3) is 5.56 Å². The number of fused-ring (bicyclic) bond motifs is 6. The van der Waals surface area contributed by atoms with Gasteiger partial charge in [-0.1, -0.05) is 0 Å². The highest BCUT2D eigenvalue weighted by atomic mass is 35.5. The molecule has 1 saturated heterocycles. The molecule has 0 amide bonds. The Morgan fingerprint density at radius 2 is 1.46 bits per heavy atom. The van der Waals surface area contributed by atoms with E-state index in [0.717, 1.165) is 39.1 Å². The molecule has 9 nitrogen and oxygen atoms in total.